The lowest BCUT2D eigenvalue weighted by atomic mass is 10.2. The van der Waals surface area contributed by atoms with E-state index in [-0.39, 0.29) is 11.9 Å². The van der Waals surface area contributed by atoms with Gasteiger partial charge in [-0.15, -0.1) is 0 Å². The molecule has 1 saturated heterocycles. The summed E-state index contributed by atoms with van der Waals surface area (Å²) >= 11 is 6.06. The third kappa shape index (κ3) is 2.60. The van der Waals surface area contributed by atoms with Crippen LogP contribution in [0.2, 0.25) is 5.02 Å². The molecular weight excluding hydrogens is 252 g/mol. The first-order valence-electron chi connectivity index (χ1n) is 5.98. The normalized spacial score (nSPS) is 18.7. The van der Waals surface area contributed by atoms with Crippen molar-refractivity contribution < 1.29 is 9.53 Å². The van der Waals surface area contributed by atoms with Gasteiger partial charge in [0.05, 0.1) is 18.2 Å². The second-order valence-corrected chi connectivity index (χ2v) is 4.77. The number of anilines is 1. The summed E-state index contributed by atoms with van der Waals surface area (Å²) in [6.07, 6.45) is 1.95. The SMILES string of the molecule is COc1ccc(N(C)C(=O)C2CCCN2)cc1Cl. The highest BCUT2D eigenvalue weighted by Gasteiger charge is 2.25. The topological polar surface area (TPSA) is 41.6 Å². The van der Waals surface area contributed by atoms with E-state index in [0.29, 0.717) is 10.8 Å². The minimum Gasteiger partial charge on any atom is -0.495 e. The maximum absolute atomic E-state index is 12.2. The lowest BCUT2D eigenvalue weighted by Crippen LogP contribution is -2.41. The quantitative estimate of drug-likeness (QED) is 0.912. The summed E-state index contributed by atoms with van der Waals surface area (Å²) in [5, 5.41) is 3.70. The zero-order valence-corrected chi connectivity index (χ0v) is 11.3. The molecule has 1 N–H and O–H groups in total. The van der Waals surface area contributed by atoms with Crippen LogP contribution in [0.5, 0.6) is 5.75 Å². The van der Waals surface area contributed by atoms with E-state index in [1.807, 2.05) is 6.07 Å². The second kappa shape index (κ2) is 5.59. The number of likely N-dealkylation sites (N-methyl/N-ethyl adjacent to an activating group) is 1. The van der Waals surface area contributed by atoms with Crippen LogP contribution in [0.3, 0.4) is 0 Å². The average Bonchev–Trinajstić information content (AvgIpc) is 2.90. The summed E-state index contributed by atoms with van der Waals surface area (Å²) in [5.74, 6) is 0.689. The smallest absolute Gasteiger partial charge is 0.243 e. The number of halogens is 1. The fourth-order valence-corrected chi connectivity index (χ4v) is 2.37. The van der Waals surface area contributed by atoms with Crippen LogP contribution < -0.4 is 15.0 Å². The molecule has 0 aliphatic carbocycles. The van der Waals surface area contributed by atoms with E-state index < -0.39 is 0 Å². The van der Waals surface area contributed by atoms with E-state index >= 15 is 0 Å². The molecule has 0 aromatic heterocycles. The van der Waals surface area contributed by atoms with Gasteiger partial charge in [0.25, 0.3) is 0 Å². The van der Waals surface area contributed by atoms with Crippen molar-refractivity contribution in [2.75, 3.05) is 25.6 Å². The van der Waals surface area contributed by atoms with Crippen LogP contribution in [0.25, 0.3) is 0 Å². The lowest BCUT2D eigenvalue weighted by molar-refractivity contribution is -0.119. The van der Waals surface area contributed by atoms with Crippen molar-refractivity contribution in [2.24, 2.45) is 0 Å². The number of nitrogens with zero attached hydrogens (tertiary/aromatic N) is 1. The highest BCUT2D eigenvalue weighted by Crippen LogP contribution is 2.29. The highest BCUT2D eigenvalue weighted by atomic mass is 35.5. The van der Waals surface area contributed by atoms with Gasteiger partial charge in [-0.25, -0.2) is 0 Å². The number of carbonyl (C=O) groups is 1. The molecule has 5 heteroatoms. The largest absolute Gasteiger partial charge is 0.495 e. The van der Waals surface area contributed by atoms with Crippen LogP contribution in [-0.2, 0) is 4.79 Å². The van der Waals surface area contributed by atoms with E-state index in [0.717, 1.165) is 25.1 Å². The predicted octanol–water partition coefficient (Wildman–Crippen LogP) is 2.06. The molecule has 98 valence electrons. The standard InChI is InChI=1S/C13H17ClN2O2/c1-16(13(17)11-4-3-7-15-11)9-5-6-12(18-2)10(14)8-9/h5-6,8,11,15H,3-4,7H2,1-2H3. The zero-order valence-electron chi connectivity index (χ0n) is 10.6. The van der Waals surface area contributed by atoms with Crippen LogP contribution in [-0.4, -0.2) is 32.7 Å². The van der Waals surface area contributed by atoms with Crippen molar-refractivity contribution in [3.05, 3.63) is 23.2 Å². The first-order chi connectivity index (χ1) is 8.63. The number of benzene rings is 1. The molecule has 4 nitrogen and oxygen atoms in total. The van der Waals surface area contributed by atoms with Gasteiger partial charge in [0.15, 0.2) is 0 Å². The number of hydrogen-bond donors (Lipinski definition) is 1. The van der Waals surface area contributed by atoms with E-state index in [1.165, 1.54) is 0 Å². The fraction of sp³-hybridized carbons (Fsp3) is 0.462. The first kappa shape index (κ1) is 13.2. The Labute approximate surface area is 112 Å². The van der Waals surface area contributed by atoms with Crippen LogP contribution in [0.15, 0.2) is 18.2 Å². The Balaban J connectivity index is 2.15. The van der Waals surface area contributed by atoms with Crippen molar-refractivity contribution in [1.29, 1.82) is 0 Å². The molecule has 1 aliphatic rings. The van der Waals surface area contributed by atoms with Crippen molar-refractivity contribution in [2.45, 2.75) is 18.9 Å². The number of hydrogen-bond acceptors (Lipinski definition) is 3. The molecule has 18 heavy (non-hydrogen) atoms. The molecule has 0 bridgehead atoms. The second-order valence-electron chi connectivity index (χ2n) is 4.37. The van der Waals surface area contributed by atoms with E-state index in [1.54, 1.807) is 31.2 Å². The molecule has 1 unspecified atom stereocenters. The Morgan fingerprint density at radius 1 is 1.56 bits per heavy atom. The van der Waals surface area contributed by atoms with Crippen LogP contribution >= 0.6 is 11.6 Å². The molecule has 0 saturated carbocycles. The Hall–Kier alpha value is -1.26. The lowest BCUT2D eigenvalue weighted by Gasteiger charge is -2.21. The Morgan fingerprint density at radius 2 is 2.33 bits per heavy atom. The summed E-state index contributed by atoms with van der Waals surface area (Å²) in [4.78, 5) is 13.8. The number of ether oxygens (including phenoxy) is 1. The molecule has 1 heterocycles. The van der Waals surface area contributed by atoms with Gasteiger partial charge in [-0.05, 0) is 37.6 Å². The summed E-state index contributed by atoms with van der Waals surface area (Å²) < 4.78 is 5.09. The minimum absolute atomic E-state index is 0.0733. The summed E-state index contributed by atoms with van der Waals surface area (Å²) in [5.41, 5.74) is 0.777. The Bertz CT molecular complexity index is 445. The third-order valence-corrected chi connectivity index (χ3v) is 3.51. The van der Waals surface area contributed by atoms with Crippen molar-refractivity contribution >= 4 is 23.2 Å². The predicted molar refractivity (Wildman–Crippen MR) is 72.4 cm³/mol. The summed E-state index contributed by atoms with van der Waals surface area (Å²) in [6.45, 7) is 0.910. The van der Waals surface area contributed by atoms with Gasteiger partial charge in [0.1, 0.15) is 5.75 Å². The molecule has 0 radical (unpaired) electrons. The molecule has 1 aromatic rings. The average molecular weight is 269 g/mol. The molecule has 2 rings (SSSR count). The van der Waals surface area contributed by atoms with Gasteiger partial charge < -0.3 is 15.0 Å². The molecule has 1 amide bonds. The van der Waals surface area contributed by atoms with Crippen LogP contribution in [0, 0.1) is 0 Å². The number of carbonyl (C=O) groups excluding carboxylic acids is 1. The first-order valence-corrected chi connectivity index (χ1v) is 6.36. The van der Waals surface area contributed by atoms with Crippen molar-refractivity contribution in [3.8, 4) is 5.75 Å². The number of methoxy groups -OCH3 is 1. The number of rotatable bonds is 3. The van der Waals surface area contributed by atoms with E-state index in [4.69, 9.17) is 16.3 Å². The van der Waals surface area contributed by atoms with Gasteiger partial charge in [-0.3, -0.25) is 4.79 Å². The van der Waals surface area contributed by atoms with Crippen LogP contribution in [0.4, 0.5) is 5.69 Å². The van der Waals surface area contributed by atoms with E-state index in [2.05, 4.69) is 5.32 Å². The van der Waals surface area contributed by atoms with Crippen molar-refractivity contribution in [1.82, 2.24) is 5.32 Å². The minimum atomic E-state index is -0.0733. The molecule has 1 atom stereocenters. The molecule has 1 aromatic carbocycles. The maximum atomic E-state index is 12.2. The van der Waals surface area contributed by atoms with Gasteiger partial charge in [0.2, 0.25) is 5.91 Å². The Kier molecular flexibility index (Phi) is 4.09. The maximum Gasteiger partial charge on any atom is 0.243 e. The number of amides is 1. The molecule has 1 fully saturated rings. The summed E-state index contributed by atoms with van der Waals surface area (Å²) in [6, 6.07) is 5.27. The molecule has 1 aliphatic heterocycles. The molecule has 0 spiro atoms. The van der Waals surface area contributed by atoms with Crippen LogP contribution in [0.1, 0.15) is 12.8 Å². The number of nitrogens with one attached hydrogen (secondary N) is 1. The Morgan fingerprint density at radius 3 is 2.89 bits per heavy atom. The molecular formula is C13H17ClN2O2. The summed E-state index contributed by atoms with van der Waals surface area (Å²) in [7, 11) is 3.33. The van der Waals surface area contributed by atoms with Gasteiger partial charge in [0, 0.05) is 12.7 Å². The third-order valence-electron chi connectivity index (χ3n) is 3.21. The van der Waals surface area contributed by atoms with Gasteiger partial charge in [-0.2, -0.15) is 0 Å². The van der Waals surface area contributed by atoms with Crippen molar-refractivity contribution in [3.63, 3.8) is 0 Å². The van der Waals surface area contributed by atoms with Gasteiger partial charge >= 0.3 is 0 Å². The van der Waals surface area contributed by atoms with Gasteiger partial charge in [-0.1, -0.05) is 11.6 Å². The highest BCUT2D eigenvalue weighted by molar-refractivity contribution is 6.32. The monoisotopic (exact) mass is 268 g/mol. The van der Waals surface area contributed by atoms with E-state index in [9.17, 15) is 4.79 Å². The zero-order chi connectivity index (χ0) is 13.1. The fourth-order valence-electron chi connectivity index (χ4n) is 2.12.